The largest absolute Gasteiger partial charge is 0.493 e. The zero-order chi connectivity index (χ0) is 16.8. The van der Waals surface area contributed by atoms with E-state index in [-0.39, 0.29) is 36.9 Å². The van der Waals surface area contributed by atoms with Gasteiger partial charge in [-0.25, -0.2) is 0 Å². The van der Waals surface area contributed by atoms with Crippen LogP contribution < -0.4 is 10.1 Å². The third-order valence-electron chi connectivity index (χ3n) is 2.72. The van der Waals surface area contributed by atoms with E-state index in [1.165, 1.54) is 4.90 Å². The van der Waals surface area contributed by atoms with Crippen LogP contribution in [0.4, 0.5) is 0 Å². The normalized spacial score (nSPS) is 11.0. The molecule has 0 saturated heterocycles. The first kappa shape index (κ1) is 18.3. The number of nitrogens with one attached hydrogen (secondary N) is 1. The molecule has 1 aromatic rings. The first-order valence-electron chi connectivity index (χ1n) is 7.11. The number of hydrogen-bond donors (Lipinski definition) is 1. The van der Waals surface area contributed by atoms with Gasteiger partial charge < -0.3 is 15.0 Å². The summed E-state index contributed by atoms with van der Waals surface area (Å²) in [6.45, 7) is 5.98. The standard InChI is InChI=1S/C16H23ClN2O3/c1-16(2,3)18-14(20)11-19(4)15(21)9-10-22-13-7-5-12(17)6-8-13/h5-8H,9-11H2,1-4H3,(H,18,20). The lowest BCUT2D eigenvalue weighted by Crippen LogP contribution is -2.46. The van der Waals surface area contributed by atoms with E-state index in [9.17, 15) is 9.59 Å². The van der Waals surface area contributed by atoms with Crippen molar-refractivity contribution in [1.82, 2.24) is 10.2 Å². The van der Waals surface area contributed by atoms with Crippen molar-refractivity contribution >= 4 is 23.4 Å². The Labute approximate surface area is 136 Å². The lowest BCUT2D eigenvalue weighted by molar-refractivity contribution is -0.135. The van der Waals surface area contributed by atoms with Crippen LogP contribution in [0.2, 0.25) is 5.02 Å². The molecule has 22 heavy (non-hydrogen) atoms. The molecule has 5 nitrogen and oxygen atoms in total. The predicted molar refractivity (Wildman–Crippen MR) is 87.1 cm³/mol. The highest BCUT2D eigenvalue weighted by atomic mass is 35.5. The van der Waals surface area contributed by atoms with Crippen LogP contribution >= 0.6 is 11.6 Å². The third kappa shape index (κ3) is 7.31. The Hall–Kier alpha value is -1.75. The van der Waals surface area contributed by atoms with Crippen LogP contribution in [-0.4, -0.2) is 42.5 Å². The molecule has 0 aromatic heterocycles. The summed E-state index contributed by atoms with van der Waals surface area (Å²) in [5.74, 6) is 0.338. The van der Waals surface area contributed by atoms with Gasteiger partial charge in [-0.2, -0.15) is 0 Å². The van der Waals surface area contributed by atoms with Gasteiger partial charge in [0.2, 0.25) is 11.8 Å². The van der Waals surface area contributed by atoms with E-state index >= 15 is 0 Å². The molecule has 6 heteroatoms. The molecule has 0 radical (unpaired) electrons. The minimum atomic E-state index is -0.307. The zero-order valence-electron chi connectivity index (χ0n) is 13.5. The maximum absolute atomic E-state index is 11.9. The molecule has 0 heterocycles. The van der Waals surface area contributed by atoms with E-state index in [0.29, 0.717) is 10.8 Å². The maximum atomic E-state index is 11.9. The molecule has 2 amide bonds. The molecular formula is C16H23ClN2O3. The van der Waals surface area contributed by atoms with Crippen LogP contribution in [0.5, 0.6) is 5.75 Å². The van der Waals surface area contributed by atoms with E-state index in [2.05, 4.69) is 5.32 Å². The zero-order valence-corrected chi connectivity index (χ0v) is 14.2. The molecule has 122 valence electrons. The van der Waals surface area contributed by atoms with Crippen molar-refractivity contribution in [3.63, 3.8) is 0 Å². The summed E-state index contributed by atoms with van der Waals surface area (Å²) in [7, 11) is 1.60. The van der Waals surface area contributed by atoms with Crippen LogP contribution in [0.3, 0.4) is 0 Å². The quantitative estimate of drug-likeness (QED) is 0.873. The lowest BCUT2D eigenvalue weighted by atomic mass is 10.1. The second-order valence-corrected chi connectivity index (χ2v) is 6.54. The number of likely N-dealkylation sites (N-methyl/N-ethyl adjacent to an activating group) is 1. The molecule has 1 aromatic carbocycles. The van der Waals surface area contributed by atoms with E-state index in [1.54, 1.807) is 31.3 Å². The number of nitrogens with zero attached hydrogens (tertiary/aromatic N) is 1. The predicted octanol–water partition coefficient (Wildman–Crippen LogP) is 2.48. The fourth-order valence-electron chi connectivity index (χ4n) is 1.74. The fraction of sp³-hybridized carbons (Fsp3) is 0.500. The summed E-state index contributed by atoms with van der Waals surface area (Å²) < 4.78 is 5.46. The maximum Gasteiger partial charge on any atom is 0.240 e. The molecule has 0 bridgehead atoms. The highest BCUT2D eigenvalue weighted by molar-refractivity contribution is 6.30. The molecule has 1 N–H and O–H groups in total. The van der Waals surface area contributed by atoms with Crippen molar-refractivity contribution in [3.05, 3.63) is 29.3 Å². The number of carbonyl (C=O) groups is 2. The first-order valence-corrected chi connectivity index (χ1v) is 7.48. The molecule has 0 saturated carbocycles. The van der Waals surface area contributed by atoms with Crippen LogP contribution in [0, 0.1) is 0 Å². The summed E-state index contributed by atoms with van der Waals surface area (Å²) in [5.41, 5.74) is -0.307. The van der Waals surface area contributed by atoms with Gasteiger partial charge in [-0.3, -0.25) is 9.59 Å². The fourth-order valence-corrected chi connectivity index (χ4v) is 1.87. The number of ether oxygens (including phenoxy) is 1. The first-order chi connectivity index (χ1) is 10.2. The van der Waals surface area contributed by atoms with E-state index < -0.39 is 0 Å². The van der Waals surface area contributed by atoms with Gasteiger partial charge in [-0.1, -0.05) is 11.6 Å². The average molecular weight is 327 g/mol. The van der Waals surface area contributed by atoms with Crippen LogP contribution in [0.15, 0.2) is 24.3 Å². The molecule has 0 aliphatic heterocycles. The number of benzene rings is 1. The molecule has 0 unspecified atom stereocenters. The number of amides is 2. The number of carbonyl (C=O) groups excluding carboxylic acids is 2. The molecule has 1 rings (SSSR count). The summed E-state index contributed by atoms with van der Waals surface area (Å²) in [6, 6.07) is 6.93. The Balaban J connectivity index is 2.32. The summed E-state index contributed by atoms with van der Waals surface area (Å²) in [5, 5.41) is 3.45. The van der Waals surface area contributed by atoms with Crippen molar-refractivity contribution in [1.29, 1.82) is 0 Å². The second-order valence-electron chi connectivity index (χ2n) is 6.10. The number of rotatable bonds is 6. The molecule has 0 spiro atoms. The highest BCUT2D eigenvalue weighted by Gasteiger charge is 2.17. The summed E-state index contributed by atoms with van der Waals surface area (Å²) in [6.07, 6.45) is 0.210. The van der Waals surface area contributed by atoms with Crippen molar-refractivity contribution in [3.8, 4) is 5.75 Å². The Kier molecular flexibility index (Phi) is 6.68. The van der Waals surface area contributed by atoms with Gasteiger partial charge in [0.1, 0.15) is 5.75 Å². The molecule has 0 aliphatic rings. The van der Waals surface area contributed by atoms with Gasteiger partial charge in [0, 0.05) is 17.6 Å². The van der Waals surface area contributed by atoms with Gasteiger partial charge in [0.25, 0.3) is 0 Å². The van der Waals surface area contributed by atoms with Crippen molar-refractivity contribution in [2.45, 2.75) is 32.7 Å². The Morgan fingerprint density at radius 3 is 2.36 bits per heavy atom. The van der Waals surface area contributed by atoms with Gasteiger partial charge in [0.05, 0.1) is 19.6 Å². The molecular weight excluding hydrogens is 304 g/mol. The molecule has 0 fully saturated rings. The minimum absolute atomic E-state index is 0.0387. The van der Waals surface area contributed by atoms with Crippen LogP contribution in [-0.2, 0) is 9.59 Å². The summed E-state index contributed by atoms with van der Waals surface area (Å²) >= 11 is 5.78. The monoisotopic (exact) mass is 326 g/mol. The topological polar surface area (TPSA) is 58.6 Å². The Bertz CT molecular complexity index is 509. The number of hydrogen-bond acceptors (Lipinski definition) is 3. The van der Waals surface area contributed by atoms with Gasteiger partial charge in [0.15, 0.2) is 0 Å². The minimum Gasteiger partial charge on any atom is -0.493 e. The van der Waals surface area contributed by atoms with Crippen molar-refractivity contribution < 1.29 is 14.3 Å². The lowest BCUT2D eigenvalue weighted by Gasteiger charge is -2.23. The Morgan fingerprint density at radius 2 is 1.82 bits per heavy atom. The van der Waals surface area contributed by atoms with E-state index in [0.717, 1.165) is 0 Å². The molecule has 0 aliphatic carbocycles. The SMILES string of the molecule is CN(CC(=O)NC(C)(C)C)C(=O)CCOc1ccc(Cl)cc1. The summed E-state index contributed by atoms with van der Waals surface area (Å²) in [4.78, 5) is 25.1. The van der Waals surface area contributed by atoms with E-state index in [1.807, 2.05) is 20.8 Å². The van der Waals surface area contributed by atoms with Crippen molar-refractivity contribution in [2.24, 2.45) is 0 Å². The molecule has 0 atom stereocenters. The highest BCUT2D eigenvalue weighted by Crippen LogP contribution is 2.15. The number of halogens is 1. The van der Waals surface area contributed by atoms with E-state index in [4.69, 9.17) is 16.3 Å². The smallest absolute Gasteiger partial charge is 0.240 e. The average Bonchev–Trinajstić information content (AvgIpc) is 2.38. The van der Waals surface area contributed by atoms with Gasteiger partial charge in [-0.15, -0.1) is 0 Å². The van der Waals surface area contributed by atoms with Gasteiger partial charge in [-0.05, 0) is 45.0 Å². The third-order valence-corrected chi connectivity index (χ3v) is 2.97. The van der Waals surface area contributed by atoms with Gasteiger partial charge >= 0.3 is 0 Å². The van der Waals surface area contributed by atoms with Crippen LogP contribution in [0.25, 0.3) is 0 Å². The Morgan fingerprint density at radius 1 is 1.23 bits per heavy atom. The van der Waals surface area contributed by atoms with Crippen molar-refractivity contribution in [2.75, 3.05) is 20.2 Å². The second kappa shape index (κ2) is 8.03. The van der Waals surface area contributed by atoms with Crippen LogP contribution in [0.1, 0.15) is 27.2 Å².